The topological polar surface area (TPSA) is 65.1 Å². The summed E-state index contributed by atoms with van der Waals surface area (Å²) in [6.07, 6.45) is 1.96. The van der Waals surface area contributed by atoms with Crippen LogP contribution in [0.15, 0.2) is 42.5 Å². The molecule has 3 rings (SSSR count). The first kappa shape index (κ1) is 22.7. The molecule has 0 aliphatic carbocycles. The SMILES string of the molecule is CCOC(=O)[C@@]1(Cc2ccccc2C)CCCN(C(=O)c2cc(OC)cc(OC)c2)C1. The van der Waals surface area contributed by atoms with Crippen LogP contribution < -0.4 is 9.47 Å². The first-order chi connectivity index (χ1) is 14.9. The van der Waals surface area contributed by atoms with Crippen LogP contribution in [0.1, 0.15) is 41.3 Å². The fraction of sp³-hybridized carbons (Fsp3) is 0.440. The number of nitrogens with zero attached hydrogens (tertiary/aromatic N) is 1. The Morgan fingerprint density at radius 3 is 2.35 bits per heavy atom. The minimum Gasteiger partial charge on any atom is -0.497 e. The zero-order valence-electron chi connectivity index (χ0n) is 18.8. The Labute approximate surface area is 184 Å². The normalized spacial score (nSPS) is 18.4. The van der Waals surface area contributed by atoms with E-state index in [0.29, 0.717) is 49.6 Å². The van der Waals surface area contributed by atoms with Crippen LogP contribution in [0.3, 0.4) is 0 Å². The van der Waals surface area contributed by atoms with Gasteiger partial charge in [-0.15, -0.1) is 0 Å². The Kier molecular flexibility index (Phi) is 7.21. The van der Waals surface area contributed by atoms with Crippen LogP contribution in [0.5, 0.6) is 11.5 Å². The lowest BCUT2D eigenvalue weighted by atomic mass is 9.74. The summed E-state index contributed by atoms with van der Waals surface area (Å²) < 4.78 is 16.1. The monoisotopic (exact) mass is 425 g/mol. The number of aryl methyl sites for hydroxylation is 1. The van der Waals surface area contributed by atoms with E-state index in [1.54, 1.807) is 37.3 Å². The van der Waals surface area contributed by atoms with Crippen molar-refractivity contribution < 1.29 is 23.8 Å². The third-order valence-electron chi connectivity index (χ3n) is 5.96. The molecule has 31 heavy (non-hydrogen) atoms. The van der Waals surface area contributed by atoms with Crippen molar-refractivity contribution in [2.75, 3.05) is 33.9 Å². The molecule has 6 nitrogen and oxygen atoms in total. The van der Waals surface area contributed by atoms with Crippen molar-refractivity contribution in [3.63, 3.8) is 0 Å². The minimum absolute atomic E-state index is 0.143. The maximum absolute atomic E-state index is 13.4. The van der Waals surface area contributed by atoms with Crippen molar-refractivity contribution in [3.05, 3.63) is 59.2 Å². The summed E-state index contributed by atoms with van der Waals surface area (Å²) in [6, 6.07) is 13.2. The number of hydrogen-bond acceptors (Lipinski definition) is 5. The second-order valence-electron chi connectivity index (χ2n) is 8.04. The van der Waals surface area contributed by atoms with Crippen LogP contribution in [-0.4, -0.2) is 50.7 Å². The average molecular weight is 426 g/mol. The minimum atomic E-state index is -0.765. The molecule has 0 aromatic heterocycles. The van der Waals surface area contributed by atoms with E-state index in [2.05, 4.69) is 0 Å². The maximum atomic E-state index is 13.4. The highest BCUT2D eigenvalue weighted by Crippen LogP contribution is 2.37. The lowest BCUT2D eigenvalue weighted by molar-refractivity contribution is -0.158. The van der Waals surface area contributed by atoms with Crippen LogP contribution in [0.4, 0.5) is 0 Å². The third kappa shape index (κ3) is 5.01. The molecule has 1 saturated heterocycles. The Hall–Kier alpha value is -3.02. The quantitative estimate of drug-likeness (QED) is 0.627. The number of amides is 1. The molecular weight excluding hydrogens is 394 g/mol. The molecule has 0 unspecified atom stereocenters. The largest absolute Gasteiger partial charge is 0.497 e. The van der Waals surface area contributed by atoms with Gasteiger partial charge in [-0.2, -0.15) is 0 Å². The summed E-state index contributed by atoms with van der Waals surface area (Å²) in [5.74, 6) is 0.724. The molecule has 166 valence electrons. The van der Waals surface area contributed by atoms with Crippen molar-refractivity contribution in [2.24, 2.45) is 5.41 Å². The Balaban J connectivity index is 1.92. The summed E-state index contributed by atoms with van der Waals surface area (Å²) in [4.78, 5) is 28.3. The predicted molar refractivity (Wildman–Crippen MR) is 119 cm³/mol. The van der Waals surface area contributed by atoms with Gasteiger partial charge in [0.2, 0.25) is 0 Å². The molecule has 1 heterocycles. The van der Waals surface area contributed by atoms with Crippen LogP contribution in [0.2, 0.25) is 0 Å². The Morgan fingerprint density at radius 1 is 1.06 bits per heavy atom. The maximum Gasteiger partial charge on any atom is 0.314 e. The number of methoxy groups -OCH3 is 2. The van der Waals surface area contributed by atoms with Crippen molar-refractivity contribution in [1.29, 1.82) is 0 Å². The number of carbonyl (C=O) groups excluding carboxylic acids is 2. The number of esters is 1. The lowest BCUT2D eigenvalue weighted by Gasteiger charge is -2.41. The highest BCUT2D eigenvalue weighted by molar-refractivity contribution is 5.95. The Morgan fingerprint density at radius 2 is 1.74 bits per heavy atom. The van der Waals surface area contributed by atoms with E-state index in [1.165, 1.54) is 0 Å². The number of likely N-dealkylation sites (tertiary alicyclic amines) is 1. The van der Waals surface area contributed by atoms with Gasteiger partial charge in [0.25, 0.3) is 5.91 Å². The van der Waals surface area contributed by atoms with Gasteiger partial charge >= 0.3 is 5.97 Å². The van der Waals surface area contributed by atoms with Crippen LogP contribution in [0.25, 0.3) is 0 Å². The molecule has 1 amide bonds. The van der Waals surface area contributed by atoms with Crippen molar-refractivity contribution >= 4 is 11.9 Å². The number of ether oxygens (including phenoxy) is 3. The second-order valence-corrected chi connectivity index (χ2v) is 8.04. The fourth-order valence-corrected chi connectivity index (χ4v) is 4.26. The first-order valence-corrected chi connectivity index (χ1v) is 10.7. The lowest BCUT2D eigenvalue weighted by Crippen LogP contribution is -2.51. The van der Waals surface area contributed by atoms with E-state index < -0.39 is 5.41 Å². The average Bonchev–Trinajstić information content (AvgIpc) is 2.80. The van der Waals surface area contributed by atoms with E-state index in [9.17, 15) is 9.59 Å². The first-order valence-electron chi connectivity index (χ1n) is 10.7. The molecule has 1 fully saturated rings. The number of benzene rings is 2. The number of piperidine rings is 1. The van der Waals surface area contributed by atoms with E-state index in [-0.39, 0.29) is 11.9 Å². The molecule has 1 aliphatic rings. The second kappa shape index (κ2) is 9.86. The number of carbonyl (C=O) groups is 2. The van der Waals surface area contributed by atoms with E-state index in [0.717, 1.165) is 17.5 Å². The molecule has 6 heteroatoms. The molecule has 0 radical (unpaired) electrons. The van der Waals surface area contributed by atoms with Gasteiger partial charge in [-0.3, -0.25) is 9.59 Å². The van der Waals surface area contributed by atoms with Crippen molar-refractivity contribution in [2.45, 2.75) is 33.1 Å². The summed E-state index contributed by atoms with van der Waals surface area (Å²) in [6.45, 7) is 5.08. The van der Waals surface area contributed by atoms with Crippen molar-refractivity contribution in [1.82, 2.24) is 4.90 Å². The van der Waals surface area contributed by atoms with E-state index in [4.69, 9.17) is 14.2 Å². The zero-order valence-corrected chi connectivity index (χ0v) is 18.8. The molecule has 1 aliphatic heterocycles. The fourth-order valence-electron chi connectivity index (χ4n) is 4.26. The van der Waals surface area contributed by atoms with Gasteiger partial charge in [-0.1, -0.05) is 24.3 Å². The van der Waals surface area contributed by atoms with Gasteiger partial charge in [0.15, 0.2) is 0 Å². The van der Waals surface area contributed by atoms with Crippen molar-refractivity contribution in [3.8, 4) is 11.5 Å². The zero-order chi connectivity index (χ0) is 22.4. The summed E-state index contributed by atoms with van der Waals surface area (Å²) >= 11 is 0. The highest BCUT2D eigenvalue weighted by Gasteiger charge is 2.45. The summed E-state index contributed by atoms with van der Waals surface area (Å²) in [5.41, 5.74) is 1.95. The van der Waals surface area contributed by atoms with E-state index >= 15 is 0 Å². The smallest absolute Gasteiger partial charge is 0.314 e. The van der Waals surface area contributed by atoms with Gasteiger partial charge in [-0.25, -0.2) is 0 Å². The summed E-state index contributed by atoms with van der Waals surface area (Å²) in [7, 11) is 3.11. The highest BCUT2D eigenvalue weighted by atomic mass is 16.5. The molecule has 0 bridgehead atoms. The van der Waals surface area contributed by atoms with Gasteiger partial charge in [0, 0.05) is 24.7 Å². The molecule has 0 saturated carbocycles. The third-order valence-corrected chi connectivity index (χ3v) is 5.96. The van der Waals surface area contributed by atoms with E-state index in [1.807, 2.05) is 38.1 Å². The predicted octanol–water partition coefficient (Wildman–Crippen LogP) is 4.04. The van der Waals surface area contributed by atoms with Gasteiger partial charge in [0.05, 0.1) is 26.2 Å². The van der Waals surface area contributed by atoms with Gasteiger partial charge in [-0.05, 0) is 56.4 Å². The van der Waals surface area contributed by atoms with Crippen LogP contribution >= 0.6 is 0 Å². The molecule has 0 N–H and O–H groups in total. The molecule has 2 aromatic carbocycles. The number of rotatable bonds is 7. The summed E-state index contributed by atoms with van der Waals surface area (Å²) in [5, 5.41) is 0. The van der Waals surface area contributed by atoms with Crippen LogP contribution in [0, 0.1) is 12.3 Å². The standard InChI is InChI=1S/C25H31NO5/c1-5-31-24(28)25(16-19-10-7-6-9-18(19)2)11-8-12-26(17-25)23(27)20-13-21(29-3)15-22(14-20)30-4/h6-7,9-10,13-15H,5,8,11-12,16-17H2,1-4H3/t25-/m1/s1. The molecule has 0 spiro atoms. The molecular formula is C25H31NO5. The number of hydrogen-bond donors (Lipinski definition) is 0. The molecule has 1 atom stereocenters. The van der Waals surface area contributed by atoms with Gasteiger partial charge in [0.1, 0.15) is 11.5 Å². The Bertz CT molecular complexity index is 919. The van der Waals surface area contributed by atoms with Gasteiger partial charge < -0.3 is 19.1 Å². The molecule has 2 aromatic rings. The van der Waals surface area contributed by atoms with Crippen LogP contribution in [-0.2, 0) is 16.0 Å².